The van der Waals surface area contributed by atoms with Crippen molar-refractivity contribution < 1.29 is 8.42 Å². The van der Waals surface area contributed by atoms with Crippen LogP contribution in [0.1, 0.15) is 44.6 Å². The number of benzene rings is 1. The van der Waals surface area contributed by atoms with Gasteiger partial charge in [-0.3, -0.25) is 4.99 Å². The second-order valence-corrected chi connectivity index (χ2v) is 8.60. The molecule has 0 saturated heterocycles. The second kappa shape index (κ2) is 9.72. The van der Waals surface area contributed by atoms with Crippen LogP contribution in [0.5, 0.6) is 0 Å². The number of nitrogens with two attached hydrogens (primary N) is 1. The van der Waals surface area contributed by atoms with Crippen molar-refractivity contribution in [1.82, 2.24) is 4.72 Å². The predicted molar refractivity (Wildman–Crippen MR) is 115 cm³/mol. The fourth-order valence-corrected chi connectivity index (χ4v) is 3.92. The Labute approximate surface area is 168 Å². The van der Waals surface area contributed by atoms with E-state index >= 15 is 0 Å². The topological polar surface area (TPSA) is 96.6 Å². The molecule has 0 bridgehead atoms. The lowest BCUT2D eigenvalue weighted by molar-refractivity contribution is 0.455. The molecule has 1 aliphatic rings. The van der Waals surface area contributed by atoms with Gasteiger partial charge in [-0.25, -0.2) is 13.1 Å². The summed E-state index contributed by atoms with van der Waals surface area (Å²) in [6.07, 6.45) is 4.03. The minimum Gasteiger partial charge on any atom is -0.370 e. The molecule has 4 N–H and O–H groups in total. The zero-order valence-electron chi connectivity index (χ0n) is 15.0. The Balaban J connectivity index is 0.00000312. The average molecular weight is 480 g/mol. The number of aliphatic imine (C=N–C) groups is 1. The van der Waals surface area contributed by atoms with Gasteiger partial charge in [0.25, 0.3) is 0 Å². The molecule has 142 valence electrons. The van der Waals surface area contributed by atoms with Gasteiger partial charge in [-0.05, 0) is 42.4 Å². The number of nitrogens with one attached hydrogen (secondary N) is 2. The Kier molecular flexibility index (Phi) is 8.62. The van der Waals surface area contributed by atoms with Crippen molar-refractivity contribution in [2.24, 2.45) is 16.6 Å². The zero-order chi connectivity index (χ0) is 17.7. The van der Waals surface area contributed by atoms with E-state index in [-0.39, 0.29) is 35.9 Å². The van der Waals surface area contributed by atoms with E-state index in [1.54, 1.807) is 0 Å². The zero-order valence-corrected chi connectivity index (χ0v) is 18.2. The van der Waals surface area contributed by atoms with Crippen LogP contribution >= 0.6 is 24.0 Å². The van der Waals surface area contributed by atoms with Crippen LogP contribution in [0.2, 0.25) is 0 Å². The van der Waals surface area contributed by atoms with E-state index in [9.17, 15) is 8.42 Å². The number of hydrogen-bond acceptors (Lipinski definition) is 3. The summed E-state index contributed by atoms with van der Waals surface area (Å²) >= 11 is 0. The Morgan fingerprint density at radius 3 is 2.72 bits per heavy atom. The van der Waals surface area contributed by atoms with Crippen molar-refractivity contribution in [3.63, 3.8) is 0 Å². The molecule has 0 radical (unpaired) electrons. The fourth-order valence-electron chi connectivity index (χ4n) is 3.06. The van der Waals surface area contributed by atoms with Gasteiger partial charge in [0.05, 0.1) is 6.26 Å². The summed E-state index contributed by atoms with van der Waals surface area (Å²) < 4.78 is 25.5. The highest BCUT2D eigenvalue weighted by molar-refractivity contribution is 14.0. The highest BCUT2D eigenvalue weighted by Gasteiger charge is 2.29. The van der Waals surface area contributed by atoms with E-state index in [1.807, 2.05) is 12.1 Å². The molecule has 25 heavy (non-hydrogen) atoms. The van der Waals surface area contributed by atoms with Gasteiger partial charge in [0.1, 0.15) is 0 Å². The normalized spacial score (nSPS) is 21.2. The van der Waals surface area contributed by atoms with Crippen molar-refractivity contribution in [3.8, 4) is 0 Å². The van der Waals surface area contributed by atoms with Crippen molar-refractivity contribution in [1.29, 1.82) is 0 Å². The van der Waals surface area contributed by atoms with Gasteiger partial charge in [-0.1, -0.05) is 32.4 Å². The minimum absolute atomic E-state index is 0. The fraction of sp³-hybridized carbons (Fsp3) is 0.588. The number of rotatable bonds is 6. The summed E-state index contributed by atoms with van der Waals surface area (Å²) in [6, 6.07) is 8.06. The molecule has 1 aliphatic carbocycles. The lowest BCUT2D eigenvalue weighted by atomic mass is 10.0. The van der Waals surface area contributed by atoms with Crippen molar-refractivity contribution in [2.75, 3.05) is 18.1 Å². The van der Waals surface area contributed by atoms with Crippen LogP contribution in [0.4, 0.5) is 5.69 Å². The molecule has 1 aromatic carbocycles. The molecular formula is C17H29IN4O2S. The standard InChI is InChI=1S/C17H28N4O2S.HI/c1-12(2)13-6-4-8-15(10-13)20-17(18)19-11-14-7-5-9-16(14)21-24(3,22)23;/h4,6,8,10,12,14,16,21H,5,7,9,11H2,1-3H3,(H3,18,19,20);1H. The second-order valence-electron chi connectivity index (χ2n) is 6.82. The Morgan fingerprint density at radius 1 is 1.36 bits per heavy atom. The summed E-state index contributed by atoms with van der Waals surface area (Å²) in [4.78, 5) is 4.40. The Hall–Kier alpha value is -0.870. The highest BCUT2D eigenvalue weighted by atomic mass is 127. The van der Waals surface area contributed by atoms with Crippen molar-refractivity contribution in [3.05, 3.63) is 29.8 Å². The van der Waals surface area contributed by atoms with Crippen LogP contribution < -0.4 is 15.8 Å². The van der Waals surface area contributed by atoms with Crippen LogP contribution in [-0.2, 0) is 10.0 Å². The molecule has 0 spiro atoms. The van der Waals surface area contributed by atoms with Gasteiger partial charge in [0.2, 0.25) is 10.0 Å². The van der Waals surface area contributed by atoms with Crippen molar-refractivity contribution in [2.45, 2.75) is 45.1 Å². The molecule has 0 aromatic heterocycles. The third-order valence-corrected chi connectivity index (χ3v) is 5.08. The maximum absolute atomic E-state index is 11.4. The van der Waals surface area contributed by atoms with E-state index in [1.165, 1.54) is 11.8 Å². The largest absolute Gasteiger partial charge is 0.370 e. The molecule has 0 aliphatic heterocycles. The molecular weight excluding hydrogens is 451 g/mol. The summed E-state index contributed by atoms with van der Waals surface area (Å²) in [6.45, 7) is 4.81. The number of guanidine groups is 1. The molecule has 1 aromatic rings. The molecule has 1 fully saturated rings. The Morgan fingerprint density at radius 2 is 2.08 bits per heavy atom. The average Bonchev–Trinajstić information content (AvgIpc) is 2.90. The highest BCUT2D eigenvalue weighted by Crippen LogP contribution is 2.26. The van der Waals surface area contributed by atoms with Crippen LogP contribution in [0.15, 0.2) is 29.3 Å². The molecule has 2 unspecified atom stereocenters. The smallest absolute Gasteiger partial charge is 0.208 e. The van der Waals surface area contributed by atoms with Gasteiger partial charge in [0.15, 0.2) is 5.96 Å². The molecule has 0 amide bonds. The summed E-state index contributed by atoms with van der Waals surface area (Å²) in [5, 5.41) is 3.11. The van der Waals surface area contributed by atoms with E-state index in [0.717, 1.165) is 24.9 Å². The molecule has 0 heterocycles. The third kappa shape index (κ3) is 7.49. The van der Waals surface area contributed by atoms with Gasteiger partial charge >= 0.3 is 0 Å². The maximum Gasteiger partial charge on any atom is 0.208 e. The monoisotopic (exact) mass is 480 g/mol. The summed E-state index contributed by atoms with van der Waals surface area (Å²) in [7, 11) is -3.19. The van der Waals surface area contributed by atoms with E-state index in [2.05, 4.69) is 41.0 Å². The van der Waals surface area contributed by atoms with Gasteiger partial charge in [0, 0.05) is 18.3 Å². The Bertz CT molecular complexity index is 692. The predicted octanol–water partition coefficient (Wildman–Crippen LogP) is 2.87. The molecule has 2 rings (SSSR count). The van der Waals surface area contributed by atoms with Crippen LogP contribution in [0.25, 0.3) is 0 Å². The van der Waals surface area contributed by atoms with E-state index < -0.39 is 10.0 Å². The van der Waals surface area contributed by atoms with E-state index in [4.69, 9.17) is 5.73 Å². The van der Waals surface area contributed by atoms with Crippen LogP contribution in [0.3, 0.4) is 0 Å². The first-order chi connectivity index (χ1) is 11.2. The molecule has 8 heteroatoms. The van der Waals surface area contributed by atoms with Crippen molar-refractivity contribution >= 4 is 45.6 Å². The summed E-state index contributed by atoms with van der Waals surface area (Å²) in [5.41, 5.74) is 8.14. The third-order valence-electron chi connectivity index (χ3n) is 4.35. The van der Waals surface area contributed by atoms with Crippen LogP contribution in [-0.4, -0.2) is 33.2 Å². The minimum atomic E-state index is -3.19. The lowest BCUT2D eigenvalue weighted by Crippen LogP contribution is -2.38. The van der Waals surface area contributed by atoms with Gasteiger partial charge in [-0.15, -0.1) is 24.0 Å². The number of halogens is 1. The first-order valence-electron chi connectivity index (χ1n) is 8.39. The van der Waals surface area contributed by atoms with Crippen LogP contribution in [0, 0.1) is 5.92 Å². The SMILES string of the molecule is CC(C)c1cccc(NC(N)=NCC2CCCC2NS(C)(=O)=O)c1.I. The first-order valence-corrected chi connectivity index (χ1v) is 10.3. The first kappa shape index (κ1) is 22.2. The van der Waals surface area contributed by atoms with E-state index in [0.29, 0.717) is 18.4 Å². The number of hydrogen-bond donors (Lipinski definition) is 3. The number of anilines is 1. The van der Waals surface area contributed by atoms with Gasteiger partial charge in [-0.2, -0.15) is 0 Å². The number of sulfonamides is 1. The number of nitrogens with zero attached hydrogens (tertiary/aromatic N) is 1. The molecule has 2 atom stereocenters. The van der Waals surface area contributed by atoms with Gasteiger partial charge < -0.3 is 11.1 Å². The lowest BCUT2D eigenvalue weighted by Gasteiger charge is -2.18. The molecule has 6 nitrogen and oxygen atoms in total. The summed E-state index contributed by atoms with van der Waals surface area (Å²) in [5.74, 6) is 1.01. The quantitative estimate of drug-likeness (QED) is 0.332. The molecule has 1 saturated carbocycles. The maximum atomic E-state index is 11.4.